The fourth-order valence-corrected chi connectivity index (χ4v) is 2.26. The molecular formula is C16H27ClN2O. The molecule has 4 heteroatoms. The molecule has 0 aliphatic heterocycles. The Hall–Kier alpha value is -0.770. The third-order valence-corrected chi connectivity index (χ3v) is 3.61. The molecule has 0 heterocycles. The first-order valence-corrected chi connectivity index (χ1v) is 7.93. The first-order chi connectivity index (χ1) is 9.71. The van der Waals surface area contributed by atoms with Crippen LogP contribution in [0.4, 0.5) is 0 Å². The number of rotatable bonds is 10. The molecule has 1 aromatic carbocycles. The lowest BCUT2D eigenvalue weighted by molar-refractivity contribution is 0.223. The lowest BCUT2D eigenvalue weighted by atomic mass is 10.2. The van der Waals surface area contributed by atoms with Crippen LogP contribution in [0.5, 0.6) is 5.75 Å². The van der Waals surface area contributed by atoms with Crippen LogP contribution >= 0.6 is 11.6 Å². The highest BCUT2D eigenvalue weighted by Gasteiger charge is 2.04. The van der Waals surface area contributed by atoms with E-state index in [1.165, 1.54) is 5.56 Å². The summed E-state index contributed by atoms with van der Waals surface area (Å²) in [5.41, 5.74) is 1.19. The second kappa shape index (κ2) is 10.0. The van der Waals surface area contributed by atoms with Crippen LogP contribution in [0.25, 0.3) is 0 Å². The van der Waals surface area contributed by atoms with E-state index in [0.717, 1.165) is 44.9 Å². The van der Waals surface area contributed by atoms with E-state index in [9.17, 15) is 0 Å². The van der Waals surface area contributed by atoms with Gasteiger partial charge in [0.15, 0.2) is 0 Å². The van der Waals surface area contributed by atoms with Gasteiger partial charge in [-0.3, -0.25) is 0 Å². The molecule has 114 valence electrons. The maximum Gasteiger partial charge on any atom is 0.137 e. The lowest BCUT2D eigenvalue weighted by Crippen LogP contribution is -2.27. The second-order valence-corrected chi connectivity index (χ2v) is 5.22. The third-order valence-electron chi connectivity index (χ3n) is 3.31. The molecule has 0 atom stereocenters. The minimum absolute atomic E-state index is 0.675. The Balaban J connectivity index is 2.43. The standard InChI is InChI=1S/C16H27ClN2O/c1-4-9-18-13-14-7-8-16(15(17)12-14)20-11-10-19(5-2)6-3/h7-8,12,18H,4-6,9-11,13H2,1-3H3. The maximum absolute atomic E-state index is 6.26. The highest BCUT2D eigenvalue weighted by atomic mass is 35.5. The van der Waals surface area contributed by atoms with Gasteiger partial charge in [0.05, 0.1) is 5.02 Å². The van der Waals surface area contributed by atoms with Crippen LogP contribution in [0.1, 0.15) is 32.8 Å². The smallest absolute Gasteiger partial charge is 0.137 e. The van der Waals surface area contributed by atoms with Crippen LogP contribution in [0.3, 0.4) is 0 Å². The van der Waals surface area contributed by atoms with Gasteiger partial charge in [-0.2, -0.15) is 0 Å². The minimum Gasteiger partial charge on any atom is -0.491 e. The molecule has 20 heavy (non-hydrogen) atoms. The first-order valence-electron chi connectivity index (χ1n) is 7.55. The molecule has 0 radical (unpaired) electrons. The predicted molar refractivity (Wildman–Crippen MR) is 86.7 cm³/mol. The number of benzene rings is 1. The highest BCUT2D eigenvalue weighted by molar-refractivity contribution is 6.32. The third kappa shape index (κ3) is 6.12. The van der Waals surface area contributed by atoms with Crippen molar-refractivity contribution in [2.45, 2.75) is 33.7 Å². The number of hydrogen-bond donors (Lipinski definition) is 1. The van der Waals surface area contributed by atoms with Crippen LogP contribution in [0, 0.1) is 0 Å². The van der Waals surface area contributed by atoms with Gasteiger partial charge in [-0.25, -0.2) is 0 Å². The predicted octanol–water partition coefficient (Wildman–Crippen LogP) is 3.56. The minimum atomic E-state index is 0.675. The van der Waals surface area contributed by atoms with Crippen LogP contribution in [-0.4, -0.2) is 37.7 Å². The Bertz CT molecular complexity index is 381. The fourth-order valence-electron chi connectivity index (χ4n) is 2.01. The Kier molecular flexibility index (Phi) is 8.67. The zero-order valence-electron chi connectivity index (χ0n) is 12.9. The van der Waals surface area contributed by atoms with Gasteiger partial charge in [0, 0.05) is 13.1 Å². The molecular weight excluding hydrogens is 272 g/mol. The summed E-state index contributed by atoms with van der Waals surface area (Å²) in [6.45, 7) is 12.1. The Morgan fingerprint density at radius 3 is 2.55 bits per heavy atom. The van der Waals surface area contributed by atoms with Crippen molar-refractivity contribution in [3.63, 3.8) is 0 Å². The summed E-state index contributed by atoms with van der Waals surface area (Å²) in [4.78, 5) is 2.33. The summed E-state index contributed by atoms with van der Waals surface area (Å²) < 4.78 is 5.76. The van der Waals surface area contributed by atoms with Gasteiger partial charge in [-0.05, 0) is 43.8 Å². The van der Waals surface area contributed by atoms with E-state index >= 15 is 0 Å². The van der Waals surface area contributed by atoms with E-state index in [1.807, 2.05) is 12.1 Å². The molecule has 0 fully saturated rings. The van der Waals surface area contributed by atoms with Crippen molar-refractivity contribution in [2.75, 3.05) is 32.8 Å². The molecule has 0 aliphatic carbocycles. The summed E-state index contributed by atoms with van der Waals surface area (Å²) in [5, 5.41) is 4.06. The molecule has 1 rings (SSSR count). The monoisotopic (exact) mass is 298 g/mol. The molecule has 0 saturated heterocycles. The number of halogens is 1. The summed E-state index contributed by atoms with van der Waals surface area (Å²) in [5.74, 6) is 0.776. The van der Waals surface area contributed by atoms with Gasteiger partial charge >= 0.3 is 0 Å². The highest BCUT2D eigenvalue weighted by Crippen LogP contribution is 2.25. The topological polar surface area (TPSA) is 24.5 Å². The van der Waals surface area contributed by atoms with Crippen molar-refractivity contribution < 1.29 is 4.74 Å². The summed E-state index contributed by atoms with van der Waals surface area (Å²) in [6.07, 6.45) is 1.14. The number of ether oxygens (including phenoxy) is 1. The van der Waals surface area contributed by atoms with E-state index in [0.29, 0.717) is 11.6 Å². The van der Waals surface area contributed by atoms with Crippen molar-refractivity contribution in [1.29, 1.82) is 0 Å². The normalized spacial score (nSPS) is 11.1. The van der Waals surface area contributed by atoms with Crippen molar-refractivity contribution in [3.05, 3.63) is 28.8 Å². The molecule has 1 aromatic rings. The zero-order chi connectivity index (χ0) is 14.8. The van der Waals surface area contributed by atoms with Crippen LogP contribution in [0.15, 0.2) is 18.2 Å². The lowest BCUT2D eigenvalue weighted by Gasteiger charge is -2.18. The number of nitrogens with zero attached hydrogens (tertiary/aromatic N) is 1. The molecule has 0 bridgehead atoms. The largest absolute Gasteiger partial charge is 0.491 e. The van der Waals surface area contributed by atoms with Gasteiger partial charge in [-0.15, -0.1) is 0 Å². The second-order valence-electron chi connectivity index (χ2n) is 4.82. The first kappa shape index (κ1) is 17.3. The fraction of sp³-hybridized carbons (Fsp3) is 0.625. The zero-order valence-corrected chi connectivity index (χ0v) is 13.7. The Labute approximate surface area is 128 Å². The van der Waals surface area contributed by atoms with E-state index in [4.69, 9.17) is 16.3 Å². The number of hydrogen-bond acceptors (Lipinski definition) is 3. The van der Waals surface area contributed by atoms with Crippen molar-refractivity contribution >= 4 is 11.6 Å². The molecule has 0 spiro atoms. The van der Waals surface area contributed by atoms with Gasteiger partial charge in [0.2, 0.25) is 0 Å². The average Bonchev–Trinajstić information content (AvgIpc) is 2.46. The summed E-state index contributed by atoms with van der Waals surface area (Å²) in [7, 11) is 0. The summed E-state index contributed by atoms with van der Waals surface area (Å²) in [6, 6.07) is 6.02. The van der Waals surface area contributed by atoms with E-state index in [-0.39, 0.29) is 0 Å². The average molecular weight is 299 g/mol. The Morgan fingerprint density at radius 1 is 1.20 bits per heavy atom. The van der Waals surface area contributed by atoms with Gasteiger partial charge in [0.25, 0.3) is 0 Å². The van der Waals surface area contributed by atoms with E-state index in [2.05, 4.69) is 37.1 Å². The van der Waals surface area contributed by atoms with E-state index < -0.39 is 0 Å². The molecule has 0 amide bonds. The number of likely N-dealkylation sites (N-methyl/N-ethyl adjacent to an activating group) is 1. The molecule has 0 unspecified atom stereocenters. The van der Waals surface area contributed by atoms with Crippen LogP contribution in [0.2, 0.25) is 5.02 Å². The van der Waals surface area contributed by atoms with E-state index in [1.54, 1.807) is 0 Å². The summed E-state index contributed by atoms with van der Waals surface area (Å²) >= 11 is 6.26. The van der Waals surface area contributed by atoms with Crippen LogP contribution in [-0.2, 0) is 6.54 Å². The van der Waals surface area contributed by atoms with Crippen molar-refractivity contribution in [3.8, 4) is 5.75 Å². The molecule has 3 nitrogen and oxygen atoms in total. The SMILES string of the molecule is CCCNCc1ccc(OCCN(CC)CC)c(Cl)c1. The quantitative estimate of drug-likeness (QED) is 0.669. The van der Waals surface area contributed by atoms with Crippen molar-refractivity contribution in [1.82, 2.24) is 10.2 Å². The molecule has 0 saturated carbocycles. The van der Waals surface area contributed by atoms with Gasteiger partial charge in [0.1, 0.15) is 12.4 Å². The number of nitrogens with one attached hydrogen (secondary N) is 1. The van der Waals surface area contributed by atoms with Crippen LogP contribution < -0.4 is 10.1 Å². The molecule has 0 aliphatic rings. The molecule has 0 aromatic heterocycles. The van der Waals surface area contributed by atoms with Gasteiger partial charge in [-0.1, -0.05) is 38.4 Å². The Morgan fingerprint density at radius 2 is 1.95 bits per heavy atom. The molecule has 1 N–H and O–H groups in total. The maximum atomic E-state index is 6.26. The van der Waals surface area contributed by atoms with Crippen molar-refractivity contribution in [2.24, 2.45) is 0 Å². The van der Waals surface area contributed by atoms with Gasteiger partial charge < -0.3 is 15.0 Å².